The summed E-state index contributed by atoms with van der Waals surface area (Å²) in [4.78, 5) is 33.5. The quantitative estimate of drug-likeness (QED) is 0.538. The summed E-state index contributed by atoms with van der Waals surface area (Å²) in [5.74, 6) is 0.444. The molecule has 8 heteroatoms. The van der Waals surface area contributed by atoms with Gasteiger partial charge in [0.2, 0.25) is 0 Å². The van der Waals surface area contributed by atoms with Crippen LogP contribution in [0.2, 0.25) is 0 Å². The number of Topliss-reactive ketones (excluding diaryl/α,β-unsaturated/α-hetero) is 1. The number of nitrogens with zero attached hydrogens (tertiary/aromatic N) is 1. The standard InChI is InChI=1S/C14H25NO3S.C10H16O3/c1-13(2,3)18-12(16)9-10-7-11(8-10)15-19(17)14(4,5)6;1-10(2,3)13-9(12)6-7-4-8(11)5-7/h10H,7-9H2,1-6H3;7H,4-6H2,1-3H3. The molecule has 0 amide bonds. The van der Waals surface area contributed by atoms with Gasteiger partial charge in [-0.1, -0.05) is 0 Å². The smallest absolute Gasteiger partial charge is 0.306 e. The van der Waals surface area contributed by atoms with E-state index < -0.39 is 22.2 Å². The fraction of sp³-hybridized carbons (Fsp3) is 0.833. The van der Waals surface area contributed by atoms with E-state index in [0.29, 0.717) is 31.6 Å². The van der Waals surface area contributed by atoms with Gasteiger partial charge < -0.3 is 9.47 Å². The minimum atomic E-state index is -1.19. The Hall–Kier alpha value is -1.57. The van der Waals surface area contributed by atoms with Crippen molar-refractivity contribution in [3.8, 4) is 0 Å². The van der Waals surface area contributed by atoms with Gasteiger partial charge >= 0.3 is 11.9 Å². The van der Waals surface area contributed by atoms with Crippen molar-refractivity contribution >= 4 is 34.4 Å². The van der Waals surface area contributed by atoms with Crippen molar-refractivity contribution in [3.05, 3.63) is 0 Å². The lowest BCUT2D eigenvalue weighted by Crippen LogP contribution is -2.31. The first-order chi connectivity index (χ1) is 14.3. The monoisotopic (exact) mass is 471 g/mol. The molecule has 0 heterocycles. The second-order valence-corrected chi connectivity index (χ2v) is 13.6. The van der Waals surface area contributed by atoms with Crippen LogP contribution in [0.25, 0.3) is 0 Å². The molecule has 2 saturated carbocycles. The summed E-state index contributed by atoms with van der Waals surface area (Å²) in [7, 11) is -1.19. The van der Waals surface area contributed by atoms with Crippen LogP contribution in [0.15, 0.2) is 4.40 Å². The lowest BCUT2D eigenvalue weighted by Gasteiger charge is -2.29. The molecular formula is C24H41NO6S. The first-order valence-electron chi connectivity index (χ1n) is 11.3. The first kappa shape index (κ1) is 28.5. The van der Waals surface area contributed by atoms with Crippen LogP contribution < -0.4 is 0 Å². The van der Waals surface area contributed by atoms with Gasteiger partial charge in [-0.3, -0.25) is 14.4 Å². The van der Waals surface area contributed by atoms with Crippen LogP contribution in [0, 0.1) is 11.8 Å². The van der Waals surface area contributed by atoms with Gasteiger partial charge in [0.05, 0.1) is 4.75 Å². The largest absolute Gasteiger partial charge is 0.460 e. The highest BCUT2D eigenvalue weighted by atomic mass is 32.2. The molecule has 2 rings (SSSR count). The molecule has 7 nitrogen and oxygen atoms in total. The second-order valence-electron chi connectivity index (χ2n) is 11.7. The maximum atomic E-state index is 11.8. The lowest BCUT2D eigenvalue weighted by molar-refractivity contribution is -0.158. The normalized spacial score (nSPS) is 20.2. The molecule has 0 aromatic rings. The molecule has 0 saturated heterocycles. The van der Waals surface area contributed by atoms with Gasteiger partial charge in [0, 0.05) is 31.4 Å². The van der Waals surface area contributed by atoms with Crippen LogP contribution in [0.4, 0.5) is 0 Å². The van der Waals surface area contributed by atoms with Crippen molar-refractivity contribution in [2.45, 2.75) is 117 Å². The van der Waals surface area contributed by atoms with Crippen LogP contribution >= 0.6 is 0 Å². The maximum absolute atomic E-state index is 11.8. The highest BCUT2D eigenvalue weighted by Crippen LogP contribution is 2.30. The molecule has 2 aliphatic carbocycles. The van der Waals surface area contributed by atoms with Gasteiger partial charge in [0.1, 0.15) is 28.0 Å². The Morgan fingerprint density at radius 3 is 1.50 bits per heavy atom. The highest BCUT2D eigenvalue weighted by Gasteiger charge is 2.31. The Kier molecular flexibility index (Phi) is 9.81. The van der Waals surface area contributed by atoms with Gasteiger partial charge in [0.25, 0.3) is 0 Å². The van der Waals surface area contributed by atoms with E-state index in [1.165, 1.54) is 0 Å². The van der Waals surface area contributed by atoms with Crippen molar-refractivity contribution in [2.24, 2.45) is 16.2 Å². The Labute approximate surface area is 195 Å². The van der Waals surface area contributed by atoms with Gasteiger partial charge in [-0.2, -0.15) is 4.40 Å². The SMILES string of the molecule is CC(C)(C)OC(=O)CC1CC(=NS(=O)C(C)(C)C)C1.CC(C)(C)OC(=O)CC1CC(=O)C1. The van der Waals surface area contributed by atoms with Crippen molar-refractivity contribution < 1.29 is 28.1 Å². The van der Waals surface area contributed by atoms with Crippen molar-refractivity contribution in [2.75, 3.05) is 0 Å². The molecular weight excluding hydrogens is 430 g/mol. The summed E-state index contributed by atoms with van der Waals surface area (Å²) in [6, 6.07) is 0. The minimum absolute atomic E-state index is 0.159. The molecule has 2 fully saturated rings. The van der Waals surface area contributed by atoms with Crippen LogP contribution in [0.1, 0.15) is 101 Å². The van der Waals surface area contributed by atoms with E-state index in [-0.39, 0.29) is 28.4 Å². The number of ketones is 1. The van der Waals surface area contributed by atoms with Crippen LogP contribution in [-0.2, 0) is 34.8 Å². The molecule has 0 aliphatic heterocycles. The van der Waals surface area contributed by atoms with Crippen LogP contribution in [0.3, 0.4) is 0 Å². The molecule has 0 aromatic carbocycles. The second kappa shape index (κ2) is 11.0. The molecule has 0 bridgehead atoms. The molecule has 32 heavy (non-hydrogen) atoms. The molecule has 0 aromatic heterocycles. The summed E-state index contributed by atoms with van der Waals surface area (Å²) in [5.41, 5.74) is 0.123. The minimum Gasteiger partial charge on any atom is -0.460 e. The van der Waals surface area contributed by atoms with Gasteiger partial charge in [-0.15, -0.1) is 0 Å². The fourth-order valence-corrected chi connectivity index (χ4v) is 3.70. The molecule has 184 valence electrons. The maximum Gasteiger partial charge on any atom is 0.306 e. The van der Waals surface area contributed by atoms with E-state index in [4.69, 9.17) is 9.47 Å². The van der Waals surface area contributed by atoms with Gasteiger partial charge in [-0.25, -0.2) is 4.21 Å². The number of rotatable bonds is 5. The average molecular weight is 472 g/mol. The number of hydrogen-bond acceptors (Lipinski definition) is 6. The number of carbonyl (C=O) groups is 3. The Balaban J connectivity index is 0.000000343. The topological polar surface area (TPSA) is 99.1 Å². The molecule has 0 radical (unpaired) electrons. The summed E-state index contributed by atoms with van der Waals surface area (Å²) >= 11 is 0. The summed E-state index contributed by atoms with van der Waals surface area (Å²) < 4.78 is 26.1. The van der Waals surface area contributed by atoms with Gasteiger partial charge in [-0.05, 0) is 87.0 Å². The molecule has 0 spiro atoms. The third-order valence-corrected chi connectivity index (χ3v) is 6.04. The average Bonchev–Trinajstić information content (AvgIpc) is 2.47. The summed E-state index contributed by atoms with van der Waals surface area (Å²) in [5, 5.41) is 0. The third kappa shape index (κ3) is 11.9. The number of ether oxygens (including phenoxy) is 2. The van der Waals surface area contributed by atoms with Crippen molar-refractivity contribution in [1.82, 2.24) is 0 Å². The van der Waals surface area contributed by atoms with E-state index >= 15 is 0 Å². The van der Waals surface area contributed by atoms with E-state index in [1.54, 1.807) is 0 Å². The molecule has 2 aliphatic rings. The van der Waals surface area contributed by atoms with E-state index in [0.717, 1.165) is 18.6 Å². The molecule has 1 unspecified atom stereocenters. The number of carbonyl (C=O) groups excluding carboxylic acids is 3. The number of esters is 2. The van der Waals surface area contributed by atoms with E-state index in [1.807, 2.05) is 62.3 Å². The summed E-state index contributed by atoms with van der Waals surface area (Å²) in [6.07, 6.45) is 3.46. The predicted octanol–water partition coefficient (Wildman–Crippen LogP) is 4.73. The van der Waals surface area contributed by atoms with Crippen LogP contribution in [-0.4, -0.2) is 43.6 Å². The predicted molar refractivity (Wildman–Crippen MR) is 127 cm³/mol. The highest BCUT2D eigenvalue weighted by molar-refractivity contribution is 7.85. The Morgan fingerprint density at radius 2 is 1.19 bits per heavy atom. The zero-order valence-electron chi connectivity index (χ0n) is 21.2. The van der Waals surface area contributed by atoms with Crippen LogP contribution in [0.5, 0.6) is 0 Å². The lowest BCUT2D eigenvalue weighted by atomic mass is 9.81. The first-order valence-corrected chi connectivity index (χ1v) is 12.4. The van der Waals surface area contributed by atoms with E-state index in [2.05, 4.69) is 4.40 Å². The molecule has 0 N–H and O–H groups in total. The Morgan fingerprint density at radius 1 is 0.812 bits per heavy atom. The fourth-order valence-electron chi connectivity index (χ4n) is 3.05. The number of hydrogen-bond donors (Lipinski definition) is 0. The zero-order chi connectivity index (χ0) is 24.9. The third-order valence-electron chi connectivity index (χ3n) is 4.57. The van der Waals surface area contributed by atoms with Gasteiger partial charge in [0.15, 0.2) is 0 Å². The molecule has 1 atom stereocenters. The van der Waals surface area contributed by atoms with Crippen molar-refractivity contribution in [1.29, 1.82) is 0 Å². The zero-order valence-corrected chi connectivity index (χ0v) is 22.0. The summed E-state index contributed by atoms with van der Waals surface area (Å²) in [6.45, 7) is 16.9. The van der Waals surface area contributed by atoms with Crippen molar-refractivity contribution in [3.63, 3.8) is 0 Å². The Bertz CT molecular complexity index is 736. The van der Waals surface area contributed by atoms with E-state index in [9.17, 15) is 18.6 Å².